The molecule has 1 aromatic carbocycles. The molecule has 0 unspecified atom stereocenters. The van der Waals surface area contributed by atoms with Crippen molar-refractivity contribution in [3.8, 4) is 0 Å². The first-order valence-electron chi connectivity index (χ1n) is 10.2. The van der Waals surface area contributed by atoms with Crippen molar-refractivity contribution in [3.63, 3.8) is 0 Å². The van der Waals surface area contributed by atoms with Crippen LogP contribution in [0.2, 0.25) is 0 Å². The molecule has 1 amide bonds. The second-order valence-corrected chi connectivity index (χ2v) is 12.0. The lowest BCUT2D eigenvalue weighted by atomic mass is 9.74. The molecule has 2 aliphatic rings. The Morgan fingerprint density at radius 3 is 2.30 bits per heavy atom. The number of benzene rings is 1. The average molecular weight is 441 g/mol. The minimum absolute atomic E-state index is 0.358. The predicted octanol–water partition coefficient (Wildman–Crippen LogP) is 4.79. The summed E-state index contributed by atoms with van der Waals surface area (Å²) in [4.78, 5) is 14.1. The number of hydrogen-bond donors (Lipinski definition) is 0. The Bertz CT molecular complexity index is 866. The van der Waals surface area contributed by atoms with Crippen LogP contribution in [0.1, 0.15) is 65.5 Å². The summed E-state index contributed by atoms with van der Waals surface area (Å²) in [6.45, 7) is 11.7. The molecule has 166 valence electrons. The highest BCUT2D eigenvalue weighted by Gasteiger charge is 2.49. The summed E-state index contributed by atoms with van der Waals surface area (Å²) in [5, 5.41) is 0. The number of likely N-dealkylation sites (tertiary alicyclic amines) is 1. The molecule has 3 rings (SSSR count). The fourth-order valence-corrected chi connectivity index (χ4v) is 4.66. The van der Waals surface area contributed by atoms with Gasteiger partial charge in [0.2, 0.25) is 0 Å². The topological polar surface area (TPSA) is 65.0 Å². The summed E-state index contributed by atoms with van der Waals surface area (Å²) in [6, 6.07) is 2.16. The zero-order valence-electron chi connectivity index (χ0n) is 18.5. The van der Waals surface area contributed by atoms with Crippen molar-refractivity contribution in [2.75, 3.05) is 13.1 Å². The second kappa shape index (κ2) is 7.79. The van der Waals surface area contributed by atoms with Crippen LogP contribution in [-0.2, 0) is 22.5 Å². The van der Waals surface area contributed by atoms with Gasteiger partial charge in [0.1, 0.15) is 39.1 Å². The number of hydrogen-bond acceptors (Lipinski definition) is 4. The van der Waals surface area contributed by atoms with Crippen molar-refractivity contribution in [1.29, 1.82) is 0 Å². The highest BCUT2D eigenvalue weighted by molar-refractivity contribution is 7.91. The van der Waals surface area contributed by atoms with E-state index in [0.717, 1.165) is 6.07 Å². The number of rotatable bonds is 1. The standard InChI is InChI=1S/C22H30F2N2O3S/c1-20(2,3)29-19(27)26-9-7-22(8-10-26)13-16-15(11-14(23)12-17(16)24)18(22)25-30(28)21(4,5)6/h11-12H,7-10,13H2,1-6H3/b25-18+/t30-/m1/s1. The van der Waals surface area contributed by atoms with Crippen molar-refractivity contribution in [2.24, 2.45) is 9.81 Å². The lowest BCUT2D eigenvalue weighted by Gasteiger charge is -2.39. The van der Waals surface area contributed by atoms with Gasteiger partial charge in [-0.2, -0.15) is 0 Å². The Balaban J connectivity index is 1.93. The van der Waals surface area contributed by atoms with Gasteiger partial charge < -0.3 is 14.2 Å². The van der Waals surface area contributed by atoms with E-state index in [1.54, 1.807) is 4.90 Å². The quantitative estimate of drug-likeness (QED) is 0.590. The van der Waals surface area contributed by atoms with Crippen LogP contribution in [0.4, 0.5) is 13.6 Å². The van der Waals surface area contributed by atoms with Gasteiger partial charge >= 0.3 is 6.09 Å². The summed E-state index contributed by atoms with van der Waals surface area (Å²) >= 11 is -1.57. The zero-order chi connectivity index (χ0) is 22.5. The summed E-state index contributed by atoms with van der Waals surface area (Å²) in [6.07, 6.45) is 1.00. The van der Waals surface area contributed by atoms with Gasteiger partial charge in [0.05, 0.1) is 0 Å². The number of amides is 1. The van der Waals surface area contributed by atoms with Crippen LogP contribution < -0.4 is 0 Å². The van der Waals surface area contributed by atoms with E-state index in [0.29, 0.717) is 49.2 Å². The molecule has 5 nitrogen and oxygen atoms in total. The molecule has 30 heavy (non-hydrogen) atoms. The Labute approximate surface area is 180 Å². The number of piperidine rings is 1. The van der Waals surface area contributed by atoms with E-state index in [1.807, 2.05) is 41.5 Å². The molecule has 8 heteroatoms. The van der Waals surface area contributed by atoms with Gasteiger partial charge in [0, 0.05) is 30.1 Å². The molecule has 1 fully saturated rings. The molecule has 1 spiro atoms. The van der Waals surface area contributed by atoms with Crippen molar-refractivity contribution in [1.82, 2.24) is 4.90 Å². The third-order valence-corrected chi connectivity index (χ3v) is 6.90. The van der Waals surface area contributed by atoms with Crippen molar-refractivity contribution < 1.29 is 22.9 Å². The minimum atomic E-state index is -1.57. The summed E-state index contributed by atoms with van der Waals surface area (Å²) in [5.41, 5.74) is 0.138. The van der Waals surface area contributed by atoms with E-state index >= 15 is 0 Å². The third-order valence-electron chi connectivity index (χ3n) is 5.50. The summed E-state index contributed by atoms with van der Waals surface area (Å²) < 4.78 is 50.7. The van der Waals surface area contributed by atoms with Crippen molar-refractivity contribution in [2.45, 2.75) is 71.2 Å². The smallest absolute Gasteiger partial charge is 0.410 e. The molecule has 1 aliphatic carbocycles. The second-order valence-electron chi connectivity index (χ2n) is 10.1. The predicted molar refractivity (Wildman–Crippen MR) is 114 cm³/mol. The van der Waals surface area contributed by atoms with Crippen LogP contribution in [-0.4, -0.2) is 44.7 Å². The molecule has 1 aliphatic heterocycles. The van der Waals surface area contributed by atoms with Gasteiger partial charge in [-0.15, -0.1) is 0 Å². The average Bonchev–Trinajstić information content (AvgIpc) is 2.87. The van der Waals surface area contributed by atoms with Gasteiger partial charge in [-0.3, -0.25) is 0 Å². The normalized spacial score (nSPS) is 21.1. The van der Waals surface area contributed by atoms with E-state index in [-0.39, 0.29) is 6.09 Å². The van der Waals surface area contributed by atoms with Gasteiger partial charge in [0.25, 0.3) is 0 Å². The summed E-state index contributed by atoms with van der Waals surface area (Å²) in [5.74, 6) is -1.28. The third kappa shape index (κ3) is 4.64. The lowest BCUT2D eigenvalue weighted by Crippen LogP contribution is -2.47. The number of nitrogens with zero attached hydrogens (tertiary/aromatic N) is 2. The van der Waals surface area contributed by atoms with E-state index in [1.165, 1.54) is 6.07 Å². The first-order valence-corrected chi connectivity index (χ1v) is 11.3. The molecule has 1 aromatic rings. The van der Waals surface area contributed by atoms with E-state index in [2.05, 4.69) is 4.40 Å². The Kier molecular flexibility index (Phi) is 5.97. The monoisotopic (exact) mass is 440 g/mol. The van der Waals surface area contributed by atoms with Gasteiger partial charge in [-0.1, -0.05) is 4.40 Å². The molecule has 0 bridgehead atoms. The Morgan fingerprint density at radius 2 is 1.77 bits per heavy atom. The number of halogens is 2. The number of ether oxygens (including phenoxy) is 1. The number of carbonyl (C=O) groups excluding carboxylic acids is 1. The van der Waals surface area contributed by atoms with E-state index in [4.69, 9.17) is 4.74 Å². The van der Waals surface area contributed by atoms with Gasteiger partial charge in [-0.25, -0.2) is 13.6 Å². The molecular weight excluding hydrogens is 410 g/mol. The van der Waals surface area contributed by atoms with E-state index in [9.17, 15) is 18.1 Å². The van der Waals surface area contributed by atoms with Crippen LogP contribution in [0, 0.1) is 17.0 Å². The van der Waals surface area contributed by atoms with Crippen LogP contribution in [0.3, 0.4) is 0 Å². The molecule has 0 saturated carbocycles. The molecule has 0 radical (unpaired) electrons. The number of fused-ring (bicyclic) bond motifs is 1. The van der Waals surface area contributed by atoms with Crippen LogP contribution >= 0.6 is 0 Å². The molecule has 1 atom stereocenters. The van der Waals surface area contributed by atoms with Gasteiger partial charge in [0.15, 0.2) is 0 Å². The Hall–Kier alpha value is -1.67. The highest BCUT2D eigenvalue weighted by atomic mass is 32.2. The molecule has 0 aromatic heterocycles. The summed E-state index contributed by atoms with van der Waals surface area (Å²) in [7, 11) is 0. The van der Waals surface area contributed by atoms with Crippen molar-refractivity contribution >= 4 is 23.2 Å². The minimum Gasteiger partial charge on any atom is -0.591 e. The fraction of sp³-hybridized carbons (Fsp3) is 0.636. The molecule has 0 N–H and O–H groups in total. The van der Waals surface area contributed by atoms with Crippen molar-refractivity contribution in [3.05, 3.63) is 34.9 Å². The maximum atomic E-state index is 14.6. The SMILES string of the molecule is CC(C)(C)OC(=O)N1CCC2(CC1)Cc1c(F)cc(F)cc1/C2=N\[S@+]([O-])C(C)(C)C. The molecular formula is C22H30F2N2O3S. The lowest BCUT2D eigenvalue weighted by molar-refractivity contribution is 0.0159. The molecule has 1 saturated heterocycles. The maximum absolute atomic E-state index is 14.6. The Morgan fingerprint density at radius 1 is 1.17 bits per heavy atom. The van der Waals surface area contributed by atoms with Crippen LogP contribution in [0.25, 0.3) is 0 Å². The molecule has 1 heterocycles. The van der Waals surface area contributed by atoms with Crippen LogP contribution in [0.15, 0.2) is 16.5 Å². The first kappa shape index (κ1) is 23.0. The van der Waals surface area contributed by atoms with Crippen LogP contribution in [0.5, 0.6) is 0 Å². The fourth-order valence-electron chi connectivity index (χ4n) is 3.93. The largest absolute Gasteiger partial charge is 0.591 e. The first-order chi connectivity index (χ1) is 13.7. The van der Waals surface area contributed by atoms with Gasteiger partial charge in [-0.05, 0) is 72.4 Å². The number of carbonyl (C=O) groups is 1. The van der Waals surface area contributed by atoms with E-state index < -0.39 is 38.8 Å². The highest BCUT2D eigenvalue weighted by Crippen LogP contribution is 2.47. The maximum Gasteiger partial charge on any atom is 0.410 e. The zero-order valence-corrected chi connectivity index (χ0v) is 19.3.